The number of halogens is 1. The van der Waals surface area contributed by atoms with Crippen LogP contribution in [0.2, 0.25) is 0 Å². The Hall–Kier alpha value is -1.09. The van der Waals surface area contributed by atoms with Gasteiger partial charge in [0.25, 0.3) is 0 Å². The summed E-state index contributed by atoms with van der Waals surface area (Å²) in [7, 11) is 0. The number of hydrogen-bond donors (Lipinski definition) is 0. The van der Waals surface area contributed by atoms with E-state index in [1.54, 1.807) is 10.7 Å². The zero-order valence-electron chi connectivity index (χ0n) is 8.89. The minimum Gasteiger partial charge on any atom is -0.233 e. The van der Waals surface area contributed by atoms with Gasteiger partial charge in [-0.2, -0.15) is 5.10 Å². The molecular formula is C11H14ClN3. The number of fused-ring (bicyclic) bond motifs is 1. The van der Waals surface area contributed by atoms with E-state index in [-0.39, 0.29) is 11.3 Å². The lowest BCUT2D eigenvalue weighted by molar-refractivity contribution is 0.655. The van der Waals surface area contributed by atoms with E-state index in [0.717, 1.165) is 17.8 Å². The fourth-order valence-corrected chi connectivity index (χ4v) is 1.75. The van der Waals surface area contributed by atoms with Crippen LogP contribution in [0.3, 0.4) is 0 Å². The van der Waals surface area contributed by atoms with Crippen LogP contribution in [-0.4, -0.2) is 20.0 Å². The first kappa shape index (κ1) is 10.4. The van der Waals surface area contributed by atoms with Gasteiger partial charge in [-0.1, -0.05) is 13.8 Å². The van der Waals surface area contributed by atoms with Gasteiger partial charge in [-0.3, -0.25) is 0 Å². The molecule has 0 radical (unpaired) electrons. The third-order valence-corrected chi connectivity index (χ3v) is 3.37. The summed E-state index contributed by atoms with van der Waals surface area (Å²) in [4.78, 5) is 4.52. The van der Waals surface area contributed by atoms with Crippen LogP contribution in [-0.2, 0) is 0 Å². The summed E-state index contributed by atoms with van der Waals surface area (Å²) < 4.78 is 1.76. The molecule has 0 N–H and O–H groups in total. The van der Waals surface area contributed by atoms with E-state index in [1.807, 2.05) is 18.3 Å². The molecule has 2 rings (SSSR count). The fraction of sp³-hybridized carbons (Fsp3) is 0.455. The van der Waals surface area contributed by atoms with E-state index < -0.39 is 0 Å². The highest BCUT2D eigenvalue weighted by Crippen LogP contribution is 2.23. The second-order valence-electron chi connectivity index (χ2n) is 3.70. The van der Waals surface area contributed by atoms with Gasteiger partial charge < -0.3 is 0 Å². The molecule has 80 valence electrons. The molecule has 0 spiro atoms. The number of rotatable bonds is 3. The molecule has 2 aromatic heterocycles. The number of aromatic nitrogens is 3. The zero-order chi connectivity index (χ0) is 10.8. The highest BCUT2D eigenvalue weighted by Gasteiger charge is 2.16. The predicted octanol–water partition coefficient (Wildman–Crippen LogP) is 2.85. The van der Waals surface area contributed by atoms with Crippen LogP contribution in [0.5, 0.6) is 0 Å². The summed E-state index contributed by atoms with van der Waals surface area (Å²) in [6.45, 7) is 4.20. The predicted molar refractivity (Wildman–Crippen MR) is 61.3 cm³/mol. The van der Waals surface area contributed by atoms with Gasteiger partial charge >= 0.3 is 0 Å². The first-order valence-corrected chi connectivity index (χ1v) is 5.60. The highest BCUT2D eigenvalue weighted by molar-refractivity contribution is 6.21. The minimum absolute atomic E-state index is 0.142. The van der Waals surface area contributed by atoms with Crippen LogP contribution in [0, 0.1) is 0 Å². The largest absolute Gasteiger partial charge is 0.233 e. The van der Waals surface area contributed by atoms with Crippen molar-refractivity contribution in [2.24, 2.45) is 0 Å². The molecule has 0 aliphatic heterocycles. The Labute approximate surface area is 94.1 Å². The molecule has 0 saturated carbocycles. The Bertz CT molecular complexity index is 452. The molecule has 0 amide bonds. The van der Waals surface area contributed by atoms with Gasteiger partial charge in [-0.05, 0) is 12.5 Å². The standard InChI is InChI=1S/C11H14ClN3/c1-3-9(12)8(2)10-5-7-15-11(14-10)4-6-13-15/h4-9H,3H2,1-2H3. The Kier molecular flexibility index (Phi) is 2.91. The smallest absolute Gasteiger partial charge is 0.155 e. The lowest BCUT2D eigenvalue weighted by Crippen LogP contribution is -2.10. The molecule has 0 aliphatic rings. The highest BCUT2D eigenvalue weighted by atomic mass is 35.5. The fourth-order valence-electron chi connectivity index (χ4n) is 1.62. The lowest BCUT2D eigenvalue weighted by Gasteiger charge is -2.15. The quantitative estimate of drug-likeness (QED) is 0.749. The van der Waals surface area contributed by atoms with E-state index in [2.05, 4.69) is 23.9 Å². The molecule has 2 heterocycles. The Morgan fingerprint density at radius 1 is 1.47 bits per heavy atom. The molecule has 4 heteroatoms. The van der Waals surface area contributed by atoms with Crippen LogP contribution in [0.4, 0.5) is 0 Å². The van der Waals surface area contributed by atoms with Crippen LogP contribution >= 0.6 is 11.6 Å². The summed E-state index contributed by atoms with van der Waals surface area (Å²) >= 11 is 6.21. The number of nitrogens with zero attached hydrogens (tertiary/aromatic N) is 3. The van der Waals surface area contributed by atoms with Gasteiger partial charge in [0.15, 0.2) is 5.65 Å². The van der Waals surface area contributed by atoms with Crippen LogP contribution in [0.15, 0.2) is 24.5 Å². The molecule has 2 aromatic rings. The average molecular weight is 224 g/mol. The summed E-state index contributed by atoms with van der Waals surface area (Å²) in [5.74, 6) is 0.275. The number of hydrogen-bond acceptors (Lipinski definition) is 2. The van der Waals surface area contributed by atoms with E-state index in [9.17, 15) is 0 Å². The van der Waals surface area contributed by atoms with Crippen molar-refractivity contribution < 1.29 is 0 Å². The Morgan fingerprint density at radius 2 is 2.27 bits per heavy atom. The van der Waals surface area contributed by atoms with Crippen molar-refractivity contribution in [3.8, 4) is 0 Å². The van der Waals surface area contributed by atoms with Gasteiger partial charge in [-0.25, -0.2) is 9.50 Å². The summed E-state index contributed by atoms with van der Waals surface area (Å²) in [5.41, 5.74) is 1.91. The maximum Gasteiger partial charge on any atom is 0.155 e. The van der Waals surface area contributed by atoms with Crippen LogP contribution < -0.4 is 0 Å². The van der Waals surface area contributed by atoms with Crippen molar-refractivity contribution in [2.75, 3.05) is 0 Å². The second-order valence-corrected chi connectivity index (χ2v) is 4.26. The Balaban J connectivity index is 2.35. The molecule has 15 heavy (non-hydrogen) atoms. The average Bonchev–Trinajstić information content (AvgIpc) is 2.73. The van der Waals surface area contributed by atoms with Gasteiger partial charge in [0.2, 0.25) is 0 Å². The molecule has 0 bridgehead atoms. The molecule has 0 saturated heterocycles. The molecule has 0 fully saturated rings. The molecular weight excluding hydrogens is 210 g/mol. The maximum atomic E-state index is 6.21. The number of alkyl halides is 1. The Morgan fingerprint density at radius 3 is 3.00 bits per heavy atom. The van der Waals surface area contributed by atoms with Gasteiger partial charge in [-0.15, -0.1) is 11.6 Å². The molecule has 2 unspecified atom stereocenters. The van der Waals surface area contributed by atoms with Crippen molar-refractivity contribution in [3.63, 3.8) is 0 Å². The molecule has 2 atom stereocenters. The van der Waals surface area contributed by atoms with Gasteiger partial charge in [0, 0.05) is 29.3 Å². The van der Waals surface area contributed by atoms with Crippen molar-refractivity contribution in [3.05, 3.63) is 30.2 Å². The SMILES string of the molecule is CCC(Cl)C(C)c1ccn2nccc2n1. The monoisotopic (exact) mass is 223 g/mol. The van der Waals surface area contributed by atoms with Crippen LogP contribution in [0.1, 0.15) is 31.9 Å². The van der Waals surface area contributed by atoms with Crippen molar-refractivity contribution in [2.45, 2.75) is 31.6 Å². The third-order valence-electron chi connectivity index (χ3n) is 2.68. The molecule has 0 aromatic carbocycles. The first-order chi connectivity index (χ1) is 7.22. The third kappa shape index (κ3) is 1.97. The van der Waals surface area contributed by atoms with E-state index in [1.165, 1.54) is 0 Å². The van der Waals surface area contributed by atoms with E-state index in [4.69, 9.17) is 11.6 Å². The minimum atomic E-state index is 0.142. The summed E-state index contributed by atoms with van der Waals surface area (Å²) in [6, 6.07) is 3.88. The van der Waals surface area contributed by atoms with Crippen molar-refractivity contribution >= 4 is 17.2 Å². The van der Waals surface area contributed by atoms with Crippen LogP contribution in [0.25, 0.3) is 5.65 Å². The summed E-state index contributed by atoms with van der Waals surface area (Å²) in [5, 5.41) is 4.25. The lowest BCUT2D eigenvalue weighted by atomic mass is 10.0. The topological polar surface area (TPSA) is 30.2 Å². The molecule has 0 aliphatic carbocycles. The zero-order valence-corrected chi connectivity index (χ0v) is 9.65. The van der Waals surface area contributed by atoms with Gasteiger partial charge in [0.05, 0.1) is 6.20 Å². The van der Waals surface area contributed by atoms with E-state index >= 15 is 0 Å². The first-order valence-electron chi connectivity index (χ1n) is 5.16. The van der Waals surface area contributed by atoms with Gasteiger partial charge in [0.1, 0.15) is 0 Å². The second kappa shape index (κ2) is 4.19. The van der Waals surface area contributed by atoms with Crippen molar-refractivity contribution in [1.82, 2.24) is 14.6 Å². The maximum absolute atomic E-state index is 6.21. The normalized spacial score (nSPS) is 15.4. The van der Waals surface area contributed by atoms with Crippen molar-refractivity contribution in [1.29, 1.82) is 0 Å². The van der Waals surface area contributed by atoms with E-state index in [0.29, 0.717) is 0 Å². The summed E-state index contributed by atoms with van der Waals surface area (Å²) in [6.07, 6.45) is 4.62. The molecule has 3 nitrogen and oxygen atoms in total.